The molecule has 148 valence electrons. The summed E-state index contributed by atoms with van der Waals surface area (Å²) in [7, 11) is 1.94. The van der Waals surface area contributed by atoms with Crippen molar-refractivity contribution in [1.29, 1.82) is 0 Å². The Morgan fingerprint density at radius 1 is 1.28 bits per heavy atom. The van der Waals surface area contributed by atoms with Crippen molar-refractivity contribution in [2.45, 2.75) is 17.7 Å². The molecule has 7 heteroatoms. The second-order valence-corrected chi connectivity index (χ2v) is 7.87. The van der Waals surface area contributed by atoms with Crippen LogP contribution in [0.5, 0.6) is 0 Å². The molecule has 3 aromatic rings. The van der Waals surface area contributed by atoms with E-state index in [9.17, 15) is 9.59 Å². The normalized spacial score (nSPS) is 15.5. The van der Waals surface area contributed by atoms with Crippen LogP contribution in [0.15, 0.2) is 66.1 Å². The Morgan fingerprint density at radius 3 is 2.86 bits per heavy atom. The first-order valence-corrected chi connectivity index (χ1v) is 10.4. The summed E-state index contributed by atoms with van der Waals surface area (Å²) in [6, 6.07) is 14.8. The zero-order valence-electron chi connectivity index (χ0n) is 16.0. The number of carbonyl (C=O) groups excluding carboxylic acids is 2. The standard InChI is InChI=1S/C22H21N3O3S/c1-25-11-9-24-22(25)29-12-10-23-20(26)16-7-8-18-17(13-16)14-19(28-21(18)27)15-5-3-2-4-6-15/h2-9,11,13,19H,10,12,14H2,1H3,(H,23,26)/t19-/m0/s1. The van der Waals surface area contributed by atoms with Gasteiger partial charge in [-0.25, -0.2) is 9.78 Å². The predicted molar refractivity (Wildman–Crippen MR) is 111 cm³/mol. The van der Waals surface area contributed by atoms with Crippen LogP contribution in [-0.2, 0) is 18.2 Å². The summed E-state index contributed by atoms with van der Waals surface area (Å²) in [5.74, 6) is 0.228. The van der Waals surface area contributed by atoms with E-state index in [-0.39, 0.29) is 18.0 Å². The smallest absolute Gasteiger partial charge is 0.339 e. The number of ether oxygens (including phenoxy) is 1. The van der Waals surface area contributed by atoms with Gasteiger partial charge in [0.2, 0.25) is 0 Å². The molecule has 1 N–H and O–H groups in total. The van der Waals surface area contributed by atoms with Crippen LogP contribution in [0.4, 0.5) is 0 Å². The lowest BCUT2D eigenvalue weighted by atomic mass is 9.93. The number of nitrogens with one attached hydrogen (secondary N) is 1. The summed E-state index contributed by atoms with van der Waals surface area (Å²) in [6.45, 7) is 0.530. The monoisotopic (exact) mass is 407 g/mol. The van der Waals surface area contributed by atoms with Gasteiger partial charge in [-0.2, -0.15) is 0 Å². The van der Waals surface area contributed by atoms with E-state index in [1.165, 1.54) is 0 Å². The Bertz CT molecular complexity index is 1030. The van der Waals surface area contributed by atoms with Gasteiger partial charge < -0.3 is 14.6 Å². The first kappa shape index (κ1) is 19.3. The molecule has 0 saturated carbocycles. The molecule has 0 unspecified atom stereocenters. The highest BCUT2D eigenvalue weighted by molar-refractivity contribution is 7.99. The van der Waals surface area contributed by atoms with Crippen molar-refractivity contribution in [3.05, 3.63) is 83.2 Å². The lowest BCUT2D eigenvalue weighted by Crippen LogP contribution is -2.27. The molecule has 1 atom stereocenters. The quantitative estimate of drug-likeness (QED) is 0.385. The van der Waals surface area contributed by atoms with Crippen LogP contribution in [0.2, 0.25) is 0 Å². The molecule has 0 fully saturated rings. The molecule has 0 radical (unpaired) electrons. The third kappa shape index (κ3) is 4.35. The number of hydrogen-bond acceptors (Lipinski definition) is 5. The average Bonchev–Trinajstić information content (AvgIpc) is 3.16. The largest absolute Gasteiger partial charge is 0.454 e. The molecular weight excluding hydrogens is 386 g/mol. The number of aryl methyl sites for hydroxylation is 1. The van der Waals surface area contributed by atoms with Gasteiger partial charge in [0.05, 0.1) is 5.56 Å². The molecule has 2 aromatic carbocycles. The molecule has 0 saturated heterocycles. The average molecular weight is 407 g/mol. The molecule has 4 rings (SSSR count). The van der Waals surface area contributed by atoms with Crippen molar-refractivity contribution in [3.63, 3.8) is 0 Å². The minimum absolute atomic E-state index is 0.150. The summed E-state index contributed by atoms with van der Waals surface area (Å²) in [4.78, 5) is 29.1. The number of esters is 1. The Kier molecular flexibility index (Phi) is 5.67. The van der Waals surface area contributed by atoms with Crippen molar-refractivity contribution in [1.82, 2.24) is 14.9 Å². The zero-order chi connectivity index (χ0) is 20.2. The highest BCUT2D eigenvalue weighted by atomic mass is 32.2. The minimum atomic E-state index is -0.349. The molecule has 0 spiro atoms. The van der Waals surface area contributed by atoms with Crippen molar-refractivity contribution < 1.29 is 14.3 Å². The van der Waals surface area contributed by atoms with E-state index >= 15 is 0 Å². The van der Waals surface area contributed by atoms with Gasteiger partial charge in [-0.15, -0.1) is 0 Å². The third-order valence-corrected chi connectivity index (χ3v) is 5.87. The molecule has 1 aliphatic heterocycles. The minimum Gasteiger partial charge on any atom is -0.454 e. The molecule has 0 bridgehead atoms. The summed E-state index contributed by atoms with van der Waals surface area (Å²) in [5.41, 5.74) is 2.86. The third-order valence-electron chi connectivity index (χ3n) is 4.81. The number of imidazole rings is 1. The van der Waals surface area contributed by atoms with Crippen LogP contribution >= 0.6 is 11.8 Å². The Hall–Kier alpha value is -3.06. The van der Waals surface area contributed by atoms with Crippen molar-refractivity contribution >= 4 is 23.6 Å². The SMILES string of the molecule is Cn1ccnc1SCCNC(=O)c1ccc2c(c1)C[C@@H](c1ccccc1)OC2=O. The molecule has 29 heavy (non-hydrogen) atoms. The fraction of sp³-hybridized carbons (Fsp3) is 0.227. The lowest BCUT2D eigenvalue weighted by molar-refractivity contribution is 0.0252. The van der Waals surface area contributed by atoms with Crippen LogP contribution in [0.1, 0.15) is 37.9 Å². The second kappa shape index (κ2) is 8.53. The number of amides is 1. The van der Waals surface area contributed by atoms with Gasteiger partial charge in [0.15, 0.2) is 5.16 Å². The number of fused-ring (bicyclic) bond motifs is 1. The van der Waals surface area contributed by atoms with E-state index in [4.69, 9.17) is 4.74 Å². The van der Waals surface area contributed by atoms with E-state index in [2.05, 4.69) is 10.3 Å². The maximum atomic E-state index is 12.5. The lowest BCUT2D eigenvalue weighted by Gasteiger charge is -2.25. The van der Waals surface area contributed by atoms with Gasteiger partial charge in [-0.1, -0.05) is 42.1 Å². The van der Waals surface area contributed by atoms with Crippen LogP contribution in [0.25, 0.3) is 0 Å². The van der Waals surface area contributed by atoms with Gasteiger partial charge in [0.25, 0.3) is 5.91 Å². The van der Waals surface area contributed by atoms with E-state index < -0.39 is 0 Å². The van der Waals surface area contributed by atoms with Crippen LogP contribution in [-0.4, -0.2) is 33.7 Å². The molecule has 0 aliphatic carbocycles. The van der Waals surface area contributed by atoms with E-state index in [0.717, 1.165) is 22.0 Å². The first-order valence-electron chi connectivity index (χ1n) is 9.39. The van der Waals surface area contributed by atoms with Gasteiger partial charge in [0, 0.05) is 43.7 Å². The molecule has 6 nitrogen and oxygen atoms in total. The van der Waals surface area contributed by atoms with E-state index in [1.54, 1.807) is 36.2 Å². The van der Waals surface area contributed by atoms with E-state index in [1.807, 2.05) is 48.1 Å². The summed E-state index contributed by atoms with van der Waals surface area (Å²) in [5, 5.41) is 3.84. The van der Waals surface area contributed by atoms with Gasteiger partial charge in [-0.05, 0) is 29.3 Å². The fourth-order valence-electron chi connectivity index (χ4n) is 3.29. The van der Waals surface area contributed by atoms with Crippen LogP contribution < -0.4 is 5.32 Å². The van der Waals surface area contributed by atoms with Gasteiger partial charge >= 0.3 is 5.97 Å². The van der Waals surface area contributed by atoms with Crippen molar-refractivity contribution in [3.8, 4) is 0 Å². The van der Waals surface area contributed by atoms with E-state index in [0.29, 0.717) is 24.1 Å². The zero-order valence-corrected chi connectivity index (χ0v) is 16.8. The Morgan fingerprint density at radius 2 is 2.10 bits per heavy atom. The number of hydrogen-bond donors (Lipinski definition) is 1. The number of nitrogens with zero attached hydrogens (tertiary/aromatic N) is 2. The number of aromatic nitrogens is 2. The maximum Gasteiger partial charge on any atom is 0.339 e. The van der Waals surface area contributed by atoms with Crippen molar-refractivity contribution in [2.75, 3.05) is 12.3 Å². The maximum absolute atomic E-state index is 12.5. The molecular formula is C22H21N3O3S. The fourth-order valence-corrected chi connectivity index (χ4v) is 4.08. The Labute approximate surface area is 173 Å². The van der Waals surface area contributed by atoms with Gasteiger partial charge in [0.1, 0.15) is 6.10 Å². The van der Waals surface area contributed by atoms with Crippen LogP contribution in [0, 0.1) is 0 Å². The van der Waals surface area contributed by atoms with Crippen LogP contribution in [0.3, 0.4) is 0 Å². The summed E-state index contributed by atoms with van der Waals surface area (Å²) >= 11 is 1.59. The van der Waals surface area contributed by atoms with Gasteiger partial charge in [-0.3, -0.25) is 4.79 Å². The molecule has 1 aliphatic rings. The molecule has 2 heterocycles. The molecule has 1 aromatic heterocycles. The number of rotatable bonds is 6. The number of benzene rings is 2. The number of thioether (sulfide) groups is 1. The number of carbonyl (C=O) groups is 2. The predicted octanol–water partition coefficient (Wildman–Crippen LogP) is 3.40. The second-order valence-electron chi connectivity index (χ2n) is 6.81. The highest BCUT2D eigenvalue weighted by Gasteiger charge is 2.28. The Balaban J connectivity index is 1.40. The topological polar surface area (TPSA) is 73.2 Å². The first-order chi connectivity index (χ1) is 14.1. The highest BCUT2D eigenvalue weighted by Crippen LogP contribution is 2.31. The van der Waals surface area contributed by atoms with Crippen molar-refractivity contribution in [2.24, 2.45) is 7.05 Å². The summed E-state index contributed by atoms with van der Waals surface area (Å²) in [6.07, 6.45) is 3.87. The summed E-state index contributed by atoms with van der Waals surface area (Å²) < 4.78 is 7.52. The molecule has 1 amide bonds. The number of cyclic esters (lactones) is 1.